The summed E-state index contributed by atoms with van der Waals surface area (Å²) in [6.45, 7) is 11.8. The Hall–Kier alpha value is -2.18. The summed E-state index contributed by atoms with van der Waals surface area (Å²) in [5.41, 5.74) is 1.99. The molecule has 1 aromatic carbocycles. The molecule has 2 aromatic rings. The van der Waals surface area contributed by atoms with Crippen LogP contribution in [0.1, 0.15) is 36.9 Å². The Balaban J connectivity index is 1.69. The zero-order valence-electron chi connectivity index (χ0n) is 16.6. The summed E-state index contributed by atoms with van der Waals surface area (Å²) < 4.78 is 5.34. The van der Waals surface area contributed by atoms with Crippen LogP contribution in [0.5, 0.6) is 0 Å². The van der Waals surface area contributed by atoms with Gasteiger partial charge in [-0.05, 0) is 26.3 Å². The van der Waals surface area contributed by atoms with Crippen molar-refractivity contribution in [1.82, 2.24) is 19.9 Å². The first-order valence-corrected chi connectivity index (χ1v) is 9.84. The Morgan fingerprint density at radius 3 is 2.37 bits per heavy atom. The van der Waals surface area contributed by atoms with E-state index in [0.29, 0.717) is 0 Å². The van der Waals surface area contributed by atoms with Gasteiger partial charge in [-0.1, -0.05) is 35.5 Å². The molecule has 1 saturated heterocycles. The highest BCUT2D eigenvalue weighted by Crippen LogP contribution is 2.25. The van der Waals surface area contributed by atoms with Gasteiger partial charge >= 0.3 is 0 Å². The topological polar surface area (TPSA) is 52.8 Å². The number of aromatic nitrogens is 1. The molecule has 0 N–H and O–H groups in total. The molecule has 1 atom stereocenters. The predicted molar refractivity (Wildman–Crippen MR) is 105 cm³/mol. The maximum Gasteiger partial charge on any atom is 0.244 e. The molecule has 27 heavy (non-hydrogen) atoms. The molecule has 6 heteroatoms. The second-order valence-corrected chi connectivity index (χ2v) is 7.07. The Bertz CT molecular complexity index is 719. The smallest absolute Gasteiger partial charge is 0.244 e. The van der Waals surface area contributed by atoms with Gasteiger partial charge in [-0.3, -0.25) is 14.6 Å². The lowest BCUT2D eigenvalue weighted by Crippen LogP contribution is -2.51. The van der Waals surface area contributed by atoms with Crippen molar-refractivity contribution in [3.05, 3.63) is 53.4 Å². The first-order chi connectivity index (χ1) is 13.1. The van der Waals surface area contributed by atoms with Gasteiger partial charge in [0.1, 0.15) is 6.04 Å². The van der Waals surface area contributed by atoms with Crippen LogP contribution in [-0.4, -0.2) is 65.0 Å². The highest BCUT2D eigenvalue weighted by molar-refractivity contribution is 5.83. The summed E-state index contributed by atoms with van der Waals surface area (Å²) >= 11 is 0. The van der Waals surface area contributed by atoms with E-state index in [1.807, 2.05) is 49.9 Å². The van der Waals surface area contributed by atoms with Gasteiger partial charge in [0, 0.05) is 45.3 Å². The van der Waals surface area contributed by atoms with Crippen LogP contribution in [0.25, 0.3) is 0 Å². The van der Waals surface area contributed by atoms with Gasteiger partial charge in [0.05, 0.1) is 12.2 Å². The molecule has 1 aromatic heterocycles. The minimum Gasteiger partial charge on any atom is -0.360 e. The Kier molecular flexibility index (Phi) is 6.63. The number of piperazine rings is 1. The molecular weight excluding hydrogens is 340 g/mol. The van der Waals surface area contributed by atoms with Crippen LogP contribution in [0.4, 0.5) is 0 Å². The van der Waals surface area contributed by atoms with Crippen molar-refractivity contribution in [2.45, 2.75) is 33.4 Å². The van der Waals surface area contributed by atoms with Crippen LogP contribution in [0.3, 0.4) is 0 Å². The van der Waals surface area contributed by atoms with Crippen LogP contribution >= 0.6 is 0 Å². The fraction of sp³-hybridized carbons (Fsp3) is 0.524. The predicted octanol–water partition coefficient (Wildman–Crippen LogP) is 2.71. The van der Waals surface area contributed by atoms with E-state index in [4.69, 9.17) is 4.52 Å². The highest BCUT2D eigenvalue weighted by atomic mass is 16.5. The molecular formula is C21H30N4O2. The van der Waals surface area contributed by atoms with Crippen LogP contribution in [0, 0.1) is 6.92 Å². The molecule has 3 rings (SSSR count). The normalized spacial score (nSPS) is 17.0. The first-order valence-electron chi connectivity index (χ1n) is 9.84. The maximum atomic E-state index is 13.2. The van der Waals surface area contributed by atoms with E-state index in [1.54, 1.807) is 0 Å². The second kappa shape index (κ2) is 9.15. The maximum absolute atomic E-state index is 13.2. The lowest BCUT2D eigenvalue weighted by Gasteiger charge is -2.40. The van der Waals surface area contributed by atoms with Crippen LogP contribution < -0.4 is 0 Å². The van der Waals surface area contributed by atoms with Gasteiger partial charge in [0.15, 0.2) is 5.76 Å². The molecule has 0 bridgehead atoms. The van der Waals surface area contributed by atoms with E-state index < -0.39 is 0 Å². The number of aryl methyl sites for hydroxylation is 1. The number of benzene rings is 1. The molecule has 146 valence electrons. The molecule has 1 unspecified atom stereocenters. The number of amides is 1. The van der Waals surface area contributed by atoms with Gasteiger partial charge < -0.3 is 9.42 Å². The average molecular weight is 370 g/mol. The number of hydrogen-bond acceptors (Lipinski definition) is 5. The number of likely N-dealkylation sites (N-methyl/N-ethyl adjacent to an activating group) is 1. The molecule has 1 aliphatic rings. The van der Waals surface area contributed by atoms with Crippen molar-refractivity contribution in [2.75, 3.05) is 39.3 Å². The third-order valence-corrected chi connectivity index (χ3v) is 5.25. The van der Waals surface area contributed by atoms with E-state index in [9.17, 15) is 4.79 Å². The third kappa shape index (κ3) is 4.76. The fourth-order valence-corrected chi connectivity index (χ4v) is 3.74. The number of carbonyl (C=O) groups excluding carboxylic acids is 1. The van der Waals surface area contributed by atoms with E-state index in [-0.39, 0.29) is 11.9 Å². The molecule has 0 spiro atoms. The Morgan fingerprint density at radius 1 is 1.15 bits per heavy atom. The Labute approximate surface area is 161 Å². The molecule has 1 fully saturated rings. The molecule has 1 amide bonds. The SMILES string of the molecule is CCN(CC)C(=O)C(c1ccccc1)N1CCN(Cc2cc(C)no2)CC1. The number of carbonyl (C=O) groups is 1. The zero-order chi connectivity index (χ0) is 19.2. The van der Waals surface area contributed by atoms with E-state index >= 15 is 0 Å². The van der Waals surface area contributed by atoms with Crippen molar-refractivity contribution < 1.29 is 9.32 Å². The lowest BCUT2D eigenvalue weighted by molar-refractivity contribution is -0.137. The van der Waals surface area contributed by atoms with Crippen LogP contribution in [-0.2, 0) is 11.3 Å². The lowest BCUT2D eigenvalue weighted by atomic mass is 10.0. The fourth-order valence-electron chi connectivity index (χ4n) is 3.74. The van der Waals surface area contributed by atoms with Gasteiger partial charge in [-0.15, -0.1) is 0 Å². The standard InChI is InChI=1S/C21H30N4O2/c1-4-24(5-2)21(26)20(18-9-7-6-8-10-18)25-13-11-23(12-14-25)16-19-15-17(3)22-27-19/h6-10,15,20H,4-5,11-14,16H2,1-3H3. The van der Waals surface area contributed by atoms with E-state index in [0.717, 1.165) is 62.8 Å². The molecule has 0 radical (unpaired) electrons. The third-order valence-electron chi connectivity index (χ3n) is 5.25. The van der Waals surface area contributed by atoms with Crippen molar-refractivity contribution in [3.8, 4) is 0 Å². The Morgan fingerprint density at radius 2 is 1.81 bits per heavy atom. The molecule has 1 aliphatic heterocycles. The van der Waals surface area contributed by atoms with E-state index in [2.05, 4.69) is 27.1 Å². The van der Waals surface area contributed by atoms with Gasteiger partial charge in [-0.25, -0.2) is 0 Å². The number of rotatable bonds is 7. The van der Waals surface area contributed by atoms with Gasteiger partial charge in [0.25, 0.3) is 0 Å². The van der Waals surface area contributed by atoms with Crippen LogP contribution in [0.2, 0.25) is 0 Å². The zero-order valence-corrected chi connectivity index (χ0v) is 16.6. The van der Waals surface area contributed by atoms with Crippen molar-refractivity contribution in [3.63, 3.8) is 0 Å². The minimum atomic E-state index is -0.208. The molecule has 0 saturated carbocycles. The average Bonchev–Trinajstić information content (AvgIpc) is 3.10. The summed E-state index contributed by atoms with van der Waals surface area (Å²) in [6.07, 6.45) is 0. The van der Waals surface area contributed by atoms with Crippen molar-refractivity contribution in [1.29, 1.82) is 0 Å². The highest BCUT2D eigenvalue weighted by Gasteiger charge is 2.32. The quantitative estimate of drug-likeness (QED) is 0.750. The van der Waals surface area contributed by atoms with Crippen molar-refractivity contribution in [2.24, 2.45) is 0 Å². The number of nitrogens with zero attached hydrogens (tertiary/aromatic N) is 4. The minimum absolute atomic E-state index is 0.200. The largest absolute Gasteiger partial charge is 0.360 e. The first kappa shape index (κ1) is 19.6. The van der Waals surface area contributed by atoms with Gasteiger partial charge in [-0.2, -0.15) is 0 Å². The van der Waals surface area contributed by atoms with Crippen molar-refractivity contribution >= 4 is 5.91 Å². The van der Waals surface area contributed by atoms with Gasteiger partial charge in [0.2, 0.25) is 5.91 Å². The van der Waals surface area contributed by atoms with E-state index in [1.165, 1.54) is 0 Å². The summed E-state index contributed by atoms with van der Waals surface area (Å²) in [4.78, 5) is 19.8. The number of hydrogen-bond donors (Lipinski definition) is 0. The summed E-state index contributed by atoms with van der Waals surface area (Å²) in [5.74, 6) is 1.10. The summed E-state index contributed by atoms with van der Waals surface area (Å²) in [7, 11) is 0. The molecule has 6 nitrogen and oxygen atoms in total. The molecule has 0 aliphatic carbocycles. The monoisotopic (exact) mass is 370 g/mol. The molecule has 2 heterocycles. The summed E-state index contributed by atoms with van der Waals surface area (Å²) in [5, 5.41) is 3.96. The van der Waals surface area contributed by atoms with Crippen LogP contribution in [0.15, 0.2) is 40.9 Å². The summed E-state index contributed by atoms with van der Waals surface area (Å²) in [6, 6.07) is 11.9. The second-order valence-electron chi connectivity index (χ2n) is 7.07.